The second-order valence-electron chi connectivity index (χ2n) is 11.3. The molecule has 1 aromatic heterocycles. The fourth-order valence-corrected chi connectivity index (χ4v) is 6.42. The van der Waals surface area contributed by atoms with Crippen molar-refractivity contribution in [3.05, 3.63) is 101 Å². The quantitative estimate of drug-likeness (QED) is 0.0833. The third kappa shape index (κ3) is 12.6. The first kappa shape index (κ1) is 42.4. The van der Waals surface area contributed by atoms with Gasteiger partial charge >= 0.3 is 41.5 Å². The number of allylic oxidation sites excluding steroid dienone is 2. The predicted molar refractivity (Wildman–Crippen MR) is 174 cm³/mol. The van der Waals surface area contributed by atoms with Crippen LogP contribution in [0.5, 0.6) is 0 Å². The Bertz CT molecular complexity index is 1770. The summed E-state index contributed by atoms with van der Waals surface area (Å²) in [5.74, 6) is -5.25. The van der Waals surface area contributed by atoms with E-state index in [2.05, 4.69) is 10.1 Å². The summed E-state index contributed by atoms with van der Waals surface area (Å²) >= 11 is 1.30. The van der Waals surface area contributed by atoms with E-state index in [1.165, 1.54) is 53.4 Å². The van der Waals surface area contributed by atoms with Crippen LogP contribution in [0.4, 0.5) is 13.2 Å². The van der Waals surface area contributed by atoms with Crippen molar-refractivity contribution in [3.8, 4) is 6.07 Å². The molecule has 270 valence electrons. The van der Waals surface area contributed by atoms with Gasteiger partial charge in [0.15, 0.2) is 11.9 Å². The zero-order chi connectivity index (χ0) is 36.8. The maximum absolute atomic E-state index is 15.6. The SMILES string of the molecule is C[C@@H](S[C@H]1CO[C@H](C=CC=Cc2ccc(C#N)cc2F)OC1)[C@@](Cn1cncn1)(OC(=O)CCCOC(=O)CCC(=O)[O-])c1ccc(F)cc1F.[Na+]. The van der Waals surface area contributed by atoms with Crippen molar-refractivity contribution in [2.75, 3.05) is 19.8 Å². The predicted octanol–water partition coefficient (Wildman–Crippen LogP) is 0.996. The number of rotatable bonds is 17. The van der Waals surface area contributed by atoms with Crippen LogP contribution < -0.4 is 34.7 Å². The molecule has 2 atom stereocenters. The fraction of sp³-hybridized carbons (Fsp3) is 0.371. The van der Waals surface area contributed by atoms with Gasteiger partial charge < -0.3 is 28.8 Å². The molecule has 17 heteroatoms. The molecule has 2 aromatic carbocycles. The molecule has 0 radical (unpaired) electrons. The summed E-state index contributed by atoms with van der Waals surface area (Å²) in [6.07, 6.45) is 7.21. The van der Waals surface area contributed by atoms with Crippen LogP contribution >= 0.6 is 11.8 Å². The summed E-state index contributed by atoms with van der Waals surface area (Å²) in [4.78, 5) is 39.5. The van der Waals surface area contributed by atoms with Crippen LogP contribution in [0.1, 0.15) is 49.3 Å². The Kier molecular flexibility index (Phi) is 17.1. The number of hydrogen-bond acceptors (Lipinski definition) is 12. The number of aliphatic carboxylic acids is 1. The van der Waals surface area contributed by atoms with E-state index in [0.717, 1.165) is 12.1 Å². The Hall–Kier alpha value is -3.98. The van der Waals surface area contributed by atoms with E-state index in [4.69, 9.17) is 24.2 Å². The summed E-state index contributed by atoms with van der Waals surface area (Å²) < 4.78 is 67.9. The third-order valence-electron chi connectivity index (χ3n) is 7.60. The molecule has 1 fully saturated rings. The van der Waals surface area contributed by atoms with Crippen molar-refractivity contribution in [2.45, 2.75) is 61.5 Å². The van der Waals surface area contributed by atoms with E-state index in [1.807, 2.05) is 6.07 Å². The van der Waals surface area contributed by atoms with E-state index in [9.17, 15) is 28.3 Å². The first-order chi connectivity index (χ1) is 24.5. The Labute approximate surface area is 324 Å². The number of esters is 2. The number of ether oxygens (including phenoxy) is 4. The molecule has 0 aliphatic carbocycles. The Morgan fingerprint density at radius 1 is 1.10 bits per heavy atom. The summed E-state index contributed by atoms with van der Waals surface area (Å²) in [7, 11) is 0. The largest absolute Gasteiger partial charge is 1.00 e. The van der Waals surface area contributed by atoms with Crippen molar-refractivity contribution >= 4 is 35.7 Å². The van der Waals surface area contributed by atoms with Gasteiger partial charge in [-0.05, 0) is 50.1 Å². The monoisotopic (exact) mass is 750 g/mol. The average molecular weight is 751 g/mol. The molecule has 2 heterocycles. The number of carboxylic acid groups (broad SMARTS) is 1. The Balaban J connectivity index is 0.00000729. The van der Waals surface area contributed by atoms with Gasteiger partial charge in [-0.2, -0.15) is 10.4 Å². The minimum absolute atomic E-state index is 0. The van der Waals surface area contributed by atoms with E-state index in [0.29, 0.717) is 11.6 Å². The molecule has 1 saturated heterocycles. The maximum Gasteiger partial charge on any atom is 1.00 e. The summed E-state index contributed by atoms with van der Waals surface area (Å²) in [5.41, 5.74) is -1.34. The van der Waals surface area contributed by atoms with E-state index >= 15 is 4.39 Å². The fourth-order valence-electron chi connectivity index (χ4n) is 5.06. The van der Waals surface area contributed by atoms with Crippen LogP contribution in [0.25, 0.3) is 6.08 Å². The minimum atomic E-state index is -1.75. The van der Waals surface area contributed by atoms with Crippen molar-refractivity contribution in [1.29, 1.82) is 5.26 Å². The van der Waals surface area contributed by atoms with Gasteiger partial charge in [0, 0.05) is 34.8 Å². The number of carbonyl (C=O) groups excluding carboxylic acids is 3. The smallest absolute Gasteiger partial charge is 0.550 e. The Morgan fingerprint density at radius 3 is 2.52 bits per heavy atom. The van der Waals surface area contributed by atoms with Crippen LogP contribution in [-0.2, 0) is 45.5 Å². The average Bonchev–Trinajstić information content (AvgIpc) is 3.61. The third-order valence-corrected chi connectivity index (χ3v) is 9.04. The van der Waals surface area contributed by atoms with E-state index < -0.39 is 58.9 Å². The number of nitriles is 1. The molecule has 1 aliphatic rings. The number of thioether (sulfide) groups is 1. The molecular weight excluding hydrogens is 716 g/mol. The summed E-state index contributed by atoms with van der Waals surface area (Å²) in [5, 5.41) is 22.6. The van der Waals surface area contributed by atoms with Crippen molar-refractivity contribution in [3.63, 3.8) is 0 Å². The molecule has 0 amide bonds. The van der Waals surface area contributed by atoms with Crippen LogP contribution in [0, 0.1) is 28.8 Å². The maximum atomic E-state index is 15.6. The molecule has 3 aromatic rings. The molecule has 1 aliphatic heterocycles. The van der Waals surface area contributed by atoms with Gasteiger partial charge in [0.05, 0.1) is 49.7 Å². The number of hydrogen-bond donors (Lipinski definition) is 0. The van der Waals surface area contributed by atoms with E-state index in [1.54, 1.807) is 25.2 Å². The van der Waals surface area contributed by atoms with Gasteiger partial charge in [-0.3, -0.25) is 9.59 Å². The van der Waals surface area contributed by atoms with Crippen LogP contribution in [-0.4, -0.2) is 69.3 Å². The number of carbonyl (C=O) groups is 3. The minimum Gasteiger partial charge on any atom is -0.550 e. The van der Waals surface area contributed by atoms with Crippen molar-refractivity contribution < 1.29 is 81.2 Å². The molecular formula is C35H34F3N4NaO8S. The number of nitrogens with zero attached hydrogens (tertiary/aromatic N) is 4. The Morgan fingerprint density at radius 2 is 1.87 bits per heavy atom. The van der Waals surface area contributed by atoms with Gasteiger partial charge in [0.2, 0.25) is 0 Å². The van der Waals surface area contributed by atoms with Crippen LogP contribution in [0.15, 0.2) is 67.3 Å². The second-order valence-corrected chi connectivity index (χ2v) is 13.0. The van der Waals surface area contributed by atoms with Gasteiger partial charge in [-0.1, -0.05) is 24.3 Å². The standard InChI is InChI=1S/C35H35F3N4O8S.Na/c1-23(51-27-18-48-34(49-19-27)7-3-2-5-25-9-8-24(17-39)15-29(25)37)35(20-42-22-40-21-41-42,28-11-10-26(36)16-30(28)38)50-33(46)6-4-14-47-32(45)13-12-31(43)44;/h2-3,5,7-11,15-16,21-23,27,34H,4,6,12-14,18-20H2,1H3,(H,43,44);/q;+1/p-1/t23-,27-,34-,35-;/m1./s1. The number of halogens is 3. The number of aromatic nitrogens is 3. The zero-order valence-electron chi connectivity index (χ0n) is 28.4. The molecule has 52 heavy (non-hydrogen) atoms. The number of carboxylic acids is 1. The van der Waals surface area contributed by atoms with Gasteiger partial charge in [-0.15, -0.1) is 11.8 Å². The van der Waals surface area contributed by atoms with Crippen molar-refractivity contribution in [1.82, 2.24) is 14.8 Å². The van der Waals surface area contributed by atoms with Crippen molar-refractivity contribution in [2.24, 2.45) is 0 Å². The molecule has 0 saturated carbocycles. The first-order valence-corrected chi connectivity index (χ1v) is 16.7. The second kappa shape index (κ2) is 20.9. The van der Waals surface area contributed by atoms with Crippen LogP contribution in [0.3, 0.4) is 0 Å². The van der Waals surface area contributed by atoms with Gasteiger partial charge in [0.1, 0.15) is 30.1 Å². The molecule has 4 rings (SSSR count). The van der Waals surface area contributed by atoms with Gasteiger partial charge in [-0.25, -0.2) is 22.8 Å². The summed E-state index contributed by atoms with van der Waals surface area (Å²) in [6.45, 7) is 1.72. The number of benzene rings is 2. The summed E-state index contributed by atoms with van der Waals surface area (Å²) in [6, 6.07) is 8.98. The topological polar surface area (TPSA) is 166 Å². The molecule has 0 unspecified atom stereocenters. The molecule has 12 nitrogen and oxygen atoms in total. The normalized spacial score (nSPS) is 17.5. The van der Waals surface area contributed by atoms with E-state index in [-0.39, 0.29) is 91.6 Å². The van der Waals surface area contributed by atoms with Gasteiger partial charge in [0.25, 0.3) is 0 Å². The molecule has 0 bridgehead atoms. The molecule has 0 N–H and O–H groups in total. The molecule has 0 spiro atoms. The zero-order valence-corrected chi connectivity index (χ0v) is 31.2. The first-order valence-electron chi connectivity index (χ1n) is 15.8. The van der Waals surface area contributed by atoms with Crippen LogP contribution in [0.2, 0.25) is 0 Å².